The lowest BCUT2D eigenvalue weighted by molar-refractivity contribution is 0.274. The molecule has 0 unspecified atom stereocenters. The molecule has 0 amide bonds. The van der Waals surface area contributed by atoms with E-state index >= 15 is 0 Å². The second-order valence-electron chi connectivity index (χ2n) is 3.35. The second-order valence-corrected chi connectivity index (χ2v) is 3.35. The van der Waals surface area contributed by atoms with Crippen molar-refractivity contribution in [2.45, 2.75) is 13.3 Å². The first-order valence-electron chi connectivity index (χ1n) is 4.80. The monoisotopic (exact) mass is 204 g/mol. The third-order valence-electron chi connectivity index (χ3n) is 2.10. The molecule has 0 aliphatic carbocycles. The molecular weight excluding hydrogens is 192 g/mol. The van der Waals surface area contributed by atoms with Crippen molar-refractivity contribution in [3.05, 3.63) is 35.7 Å². The minimum atomic E-state index is 0.0233. The molecule has 0 spiro atoms. The number of benzene rings is 1. The van der Waals surface area contributed by atoms with Gasteiger partial charge in [0.1, 0.15) is 0 Å². The van der Waals surface area contributed by atoms with Gasteiger partial charge in [-0.2, -0.15) is 4.98 Å². The minimum absolute atomic E-state index is 0.0233. The van der Waals surface area contributed by atoms with Gasteiger partial charge in [-0.3, -0.25) is 0 Å². The van der Waals surface area contributed by atoms with Crippen molar-refractivity contribution in [3.63, 3.8) is 0 Å². The van der Waals surface area contributed by atoms with Gasteiger partial charge in [-0.1, -0.05) is 35.0 Å². The number of hydrogen-bond acceptors (Lipinski definition) is 4. The quantitative estimate of drug-likeness (QED) is 0.824. The maximum absolute atomic E-state index is 8.71. The molecule has 1 aromatic heterocycles. The maximum atomic E-state index is 8.71. The van der Waals surface area contributed by atoms with Crippen LogP contribution in [0.1, 0.15) is 11.5 Å². The molecule has 4 nitrogen and oxygen atoms in total. The van der Waals surface area contributed by atoms with Crippen LogP contribution >= 0.6 is 0 Å². The molecule has 0 bridgehead atoms. The van der Waals surface area contributed by atoms with E-state index in [-0.39, 0.29) is 6.61 Å². The highest BCUT2D eigenvalue weighted by Gasteiger charge is 2.07. The molecule has 0 saturated heterocycles. The molecule has 1 heterocycles. The van der Waals surface area contributed by atoms with Crippen LogP contribution in [0.25, 0.3) is 11.4 Å². The SMILES string of the molecule is Cc1ccc(-c2noc(CCO)n2)cc1. The molecule has 4 heteroatoms. The summed E-state index contributed by atoms with van der Waals surface area (Å²) in [6.07, 6.45) is 0.402. The number of aliphatic hydroxyl groups is 1. The average Bonchev–Trinajstić information content (AvgIpc) is 2.68. The second kappa shape index (κ2) is 4.23. The lowest BCUT2D eigenvalue weighted by atomic mass is 10.1. The first-order valence-corrected chi connectivity index (χ1v) is 4.80. The van der Waals surface area contributed by atoms with Crippen LogP contribution in [-0.2, 0) is 6.42 Å². The zero-order chi connectivity index (χ0) is 10.7. The fourth-order valence-electron chi connectivity index (χ4n) is 1.27. The Kier molecular flexibility index (Phi) is 2.78. The molecule has 0 aliphatic rings. The predicted octanol–water partition coefficient (Wildman–Crippen LogP) is 1.58. The summed E-state index contributed by atoms with van der Waals surface area (Å²) in [6.45, 7) is 2.05. The molecule has 78 valence electrons. The van der Waals surface area contributed by atoms with Gasteiger partial charge in [0.05, 0.1) is 13.0 Å². The molecular formula is C11H12N2O2. The number of hydrogen-bond donors (Lipinski definition) is 1. The van der Waals surface area contributed by atoms with Crippen LogP contribution in [0.3, 0.4) is 0 Å². The van der Waals surface area contributed by atoms with Crippen LogP contribution in [-0.4, -0.2) is 21.9 Å². The Bertz CT molecular complexity index is 434. The van der Waals surface area contributed by atoms with Crippen LogP contribution < -0.4 is 0 Å². The predicted molar refractivity (Wildman–Crippen MR) is 55.3 cm³/mol. The lowest BCUT2D eigenvalue weighted by Crippen LogP contribution is -1.90. The molecule has 0 fully saturated rings. The Balaban J connectivity index is 2.25. The summed E-state index contributed by atoms with van der Waals surface area (Å²) >= 11 is 0. The molecule has 0 atom stereocenters. The molecule has 0 saturated carbocycles. The average molecular weight is 204 g/mol. The van der Waals surface area contributed by atoms with Crippen LogP contribution in [0.5, 0.6) is 0 Å². The topological polar surface area (TPSA) is 59.2 Å². The Morgan fingerprint density at radius 3 is 2.67 bits per heavy atom. The van der Waals surface area contributed by atoms with E-state index in [1.165, 1.54) is 5.56 Å². The summed E-state index contributed by atoms with van der Waals surface area (Å²) in [5.41, 5.74) is 2.12. The van der Waals surface area contributed by atoms with E-state index in [1.807, 2.05) is 31.2 Å². The molecule has 0 radical (unpaired) electrons. The van der Waals surface area contributed by atoms with Gasteiger partial charge >= 0.3 is 0 Å². The van der Waals surface area contributed by atoms with Crippen molar-refractivity contribution >= 4 is 0 Å². The van der Waals surface area contributed by atoms with Crippen molar-refractivity contribution in [1.82, 2.24) is 10.1 Å². The molecule has 1 N–H and O–H groups in total. The highest BCUT2D eigenvalue weighted by molar-refractivity contribution is 5.54. The number of aliphatic hydroxyl groups excluding tert-OH is 1. The van der Waals surface area contributed by atoms with Crippen molar-refractivity contribution in [2.24, 2.45) is 0 Å². The third-order valence-corrected chi connectivity index (χ3v) is 2.10. The first-order chi connectivity index (χ1) is 7.29. The summed E-state index contributed by atoms with van der Waals surface area (Å²) < 4.78 is 4.97. The van der Waals surface area contributed by atoms with Gasteiger partial charge in [-0.15, -0.1) is 0 Å². The van der Waals surface area contributed by atoms with E-state index in [0.717, 1.165) is 5.56 Å². The number of aryl methyl sites for hydroxylation is 1. The lowest BCUT2D eigenvalue weighted by Gasteiger charge is -1.94. The Morgan fingerprint density at radius 2 is 2.00 bits per heavy atom. The third kappa shape index (κ3) is 2.22. The van der Waals surface area contributed by atoms with Gasteiger partial charge in [-0.25, -0.2) is 0 Å². The molecule has 2 rings (SSSR count). The highest BCUT2D eigenvalue weighted by atomic mass is 16.5. The summed E-state index contributed by atoms with van der Waals surface area (Å²) in [6, 6.07) is 7.89. The van der Waals surface area contributed by atoms with Crippen LogP contribution in [0.4, 0.5) is 0 Å². The molecule has 2 aromatic rings. The van der Waals surface area contributed by atoms with Crippen LogP contribution in [0.15, 0.2) is 28.8 Å². The molecule has 0 aliphatic heterocycles. The van der Waals surface area contributed by atoms with E-state index in [0.29, 0.717) is 18.1 Å². The Hall–Kier alpha value is -1.68. The smallest absolute Gasteiger partial charge is 0.229 e. The van der Waals surface area contributed by atoms with E-state index in [4.69, 9.17) is 9.63 Å². The molecule has 15 heavy (non-hydrogen) atoms. The number of rotatable bonds is 3. The van der Waals surface area contributed by atoms with E-state index in [9.17, 15) is 0 Å². The highest BCUT2D eigenvalue weighted by Crippen LogP contribution is 2.16. The molecule has 1 aromatic carbocycles. The summed E-state index contributed by atoms with van der Waals surface area (Å²) in [5.74, 6) is 1.03. The minimum Gasteiger partial charge on any atom is -0.396 e. The van der Waals surface area contributed by atoms with Gasteiger partial charge in [0.25, 0.3) is 0 Å². The van der Waals surface area contributed by atoms with Crippen LogP contribution in [0.2, 0.25) is 0 Å². The maximum Gasteiger partial charge on any atom is 0.229 e. The summed E-state index contributed by atoms with van der Waals surface area (Å²) in [5, 5.41) is 12.5. The normalized spacial score (nSPS) is 10.5. The largest absolute Gasteiger partial charge is 0.396 e. The summed E-state index contributed by atoms with van der Waals surface area (Å²) in [7, 11) is 0. The van der Waals surface area contributed by atoms with Gasteiger partial charge in [0, 0.05) is 5.56 Å². The van der Waals surface area contributed by atoms with E-state index in [2.05, 4.69) is 10.1 Å². The Morgan fingerprint density at radius 1 is 1.27 bits per heavy atom. The standard InChI is InChI=1S/C11H12N2O2/c1-8-2-4-9(5-3-8)11-12-10(6-7-14)15-13-11/h2-5,14H,6-7H2,1H3. The van der Waals surface area contributed by atoms with Gasteiger partial charge in [-0.05, 0) is 6.92 Å². The van der Waals surface area contributed by atoms with E-state index in [1.54, 1.807) is 0 Å². The fourth-order valence-corrected chi connectivity index (χ4v) is 1.27. The van der Waals surface area contributed by atoms with Gasteiger partial charge in [0.15, 0.2) is 0 Å². The van der Waals surface area contributed by atoms with Gasteiger partial charge in [0.2, 0.25) is 11.7 Å². The zero-order valence-corrected chi connectivity index (χ0v) is 8.47. The van der Waals surface area contributed by atoms with E-state index < -0.39 is 0 Å². The number of nitrogens with zero attached hydrogens (tertiary/aromatic N) is 2. The zero-order valence-electron chi connectivity index (χ0n) is 8.47. The number of aromatic nitrogens is 2. The fraction of sp³-hybridized carbons (Fsp3) is 0.273. The van der Waals surface area contributed by atoms with Crippen LogP contribution in [0, 0.1) is 6.92 Å². The van der Waals surface area contributed by atoms with Crippen molar-refractivity contribution in [3.8, 4) is 11.4 Å². The van der Waals surface area contributed by atoms with Crippen molar-refractivity contribution in [2.75, 3.05) is 6.61 Å². The Labute approximate surface area is 87.6 Å². The van der Waals surface area contributed by atoms with Gasteiger partial charge < -0.3 is 9.63 Å². The van der Waals surface area contributed by atoms with Crippen molar-refractivity contribution in [1.29, 1.82) is 0 Å². The van der Waals surface area contributed by atoms with Crippen molar-refractivity contribution < 1.29 is 9.63 Å². The first kappa shape index (κ1) is 9.86. The summed E-state index contributed by atoms with van der Waals surface area (Å²) in [4.78, 5) is 4.16.